The molecule has 0 unspecified atom stereocenters. The second-order valence-corrected chi connectivity index (χ2v) is 11.2. The molecule has 216 valence electrons. The van der Waals surface area contributed by atoms with Gasteiger partial charge >= 0.3 is 0 Å². The first-order chi connectivity index (χ1) is 22.8. The van der Waals surface area contributed by atoms with Gasteiger partial charge in [-0.3, -0.25) is 9.97 Å². The number of hydrogen-bond acceptors (Lipinski definition) is 6. The Morgan fingerprint density at radius 1 is 0.370 bits per heavy atom. The summed E-state index contributed by atoms with van der Waals surface area (Å²) in [4.78, 5) is 18.5. The lowest BCUT2D eigenvalue weighted by atomic mass is 9.87. The SMILES string of the molecule is c1ccc2cc(-c3ccc4c(-c5ccc(-c6cocn6)cn5)c5ccccc5c(-c5ccc(-c6cocn6)cn5)c4c3)ccc2c1. The molecule has 0 N–H and O–H groups in total. The maximum Gasteiger partial charge on any atom is 0.181 e. The molecule has 0 spiro atoms. The molecule has 5 aromatic carbocycles. The van der Waals surface area contributed by atoms with E-state index in [1.54, 1.807) is 12.5 Å². The van der Waals surface area contributed by atoms with Crippen molar-refractivity contribution in [2.75, 3.05) is 0 Å². The molecule has 0 atom stereocenters. The van der Waals surface area contributed by atoms with E-state index < -0.39 is 0 Å². The first-order valence-corrected chi connectivity index (χ1v) is 15.0. The van der Waals surface area contributed by atoms with Crippen molar-refractivity contribution in [1.82, 2.24) is 19.9 Å². The van der Waals surface area contributed by atoms with Crippen LogP contribution in [0.1, 0.15) is 0 Å². The minimum absolute atomic E-state index is 0.753. The van der Waals surface area contributed by atoms with Crippen molar-refractivity contribution in [3.8, 4) is 56.2 Å². The van der Waals surface area contributed by atoms with Crippen LogP contribution in [0.15, 0.2) is 156 Å². The second-order valence-electron chi connectivity index (χ2n) is 11.2. The number of benzene rings is 5. The highest BCUT2D eigenvalue weighted by Gasteiger charge is 2.19. The molecule has 0 saturated heterocycles. The molecule has 0 amide bonds. The van der Waals surface area contributed by atoms with Crippen molar-refractivity contribution in [1.29, 1.82) is 0 Å². The van der Waals surface area contributed by atoms with E-state index in [0.717, 1.165) is 77.7 Å². The standard InChI is InChI=1S/C40H24N4O2/c1-2-6-26-17-27(10-9-25(26)5-1)28-11-14-33-34(18-28)40(36-16-13-30(20-42-36)38-22-46-24-44-38)32-8-4-3-7-31(32)39(33)35-15-12-29(19-41-35)37-21-45-23-43-37/h1-24H. The summed E-state index contributed by atoms with van der Waals surface area (Å²) < 4.78 is 10.4. The highest BCUT2D eigenvalue weighted by Crippen LogP contribution is 2.44. The minimum Gasteiger partial charge on any atom is -0.451 e. The van der Waals surface area contributed by atoms with E-state index >= 15 is 0 Å². The van der Waals surface area contributed by atoms with E-state index in [1.165, 1.54) is 23.6 Å². The van der Waals surface area contributed by atoms with Crippen molar-refractivity contribution in [2.45, 2.75) is 0 Å². The first-order valence-electron chi connectivity index (χ1n) is 15.0. The molecule has 0 fully saturated rings. The lowest BCUT2D eigenvalue weighted by molar-refractivity contribution is 0.558. The third-order valence-electron chi connectivity index (χ3n) is 8.60. The van der Waals surface area contributed by atoms with E-state index in [4.69, 9.17) is 18.8 Å². The number of aromatic nitrogens is 4. The zero-order valence-electron chi connectivity index (χ0n) is 24.5. The third-order valence-corrected chi connectivity index (χ3v) is 8.60. The van der Waals surface area contributed by atoms with Gasteiger partial charge in [-0.2, -0.15) is 0 Å². The van der Waals surface area contributed by atoms with Crippen molar-refractivity contribution < 1.29 is 8.83 Å². The van der Waals surface area contributed by atoms with E-state index in [9.17, 15) is 0 Å². The Balaban J connectivity index is 1.31. The van der Waals surface area contributed by atoms with Crippen LogP contribution in [0.25, 0.3) is 88.5 Å². The van der Waals surface area contributed by atoms with Crippen LogP contribution in [0.3, 0.4) is 0 Å². The monoisotopic (exact) mass is 592 g/mol. The molecule has 0 saturated carbocycles. The summed E-state index contributed by atoms with van der Waals surface area (Å²) >= 11 is 0. The van der Waals surface area contributed by atoms with Crippen LogP contribution in [-0.2, 0) is 0 Å². The van der Waals surface area contributed by atoms with Gasteiger partial charge < -0.3 is 8.83 Å². The molecule has 4 aromatic heterocycles. The summed E-state index contributed by atoms with van der Waals surface area (Å²) in [5.41, 5.74) is 9.51. The van der Waals surface area contributed by atoms with Crippen LogP contribution in [-0.4, -0.2) is 19.9 Å². The van der Waals surface area contributed by atoms with E-state index in [2.05, 4.69) is 107 Å². The Hall–Kier alpha value is -6.40. The van der Waals surface area contributed by atoms with Crippen LogP contribution in [0.5, 0.6) is 0 Å². The fourth-order valence-corrected chi connectivity index (χ4v) is 6.38. The highest BCUT2D eigenvalue weighted by molar-refractivity contribution is 6.21. The predicted molar refractivity (Wildman–Crippen MR) is 182 cm³/mol. The molecule has 6 nitrogen and oxygen atoms in total. The number of nitrogens with zero attached hydrogens (tertiary/aromatic N) is 4. The van der Waals surface area contributed by atoms with Gasteiger partial charge in [0, 0.05) is 34.6 Å². The zero-order valence-corrected chi connectivity index (χ0v) is 24.5. The van der Waals surface area contributed by atoms with Gasteiger partial charge in [0.2, 0.25) is 0 Å². The molecule has 0 aliphatic carbocycles. The molecule has 6 heteroatoms. The van der Waals surface area contributed by atoms with Crippen molar-refractivity contribution in [3.63, 3.8) is 0 Å². The Morgan fingerprint density at radius 3 is 1.48 bits per heavy atom. The van der Waals surface area contributed by atoms with Crippen LogP contribution in [0, 0.1) is 0 Å². The van der Waals surface area contributed by atoms with Crippen molar-refractivity contribution >= 4 is 32.3 Å². The Bertz CT molecular complexity index is 2500. The number of fused-ring (bicyclic) bond motifs is 3. The maximum absolute atomic E-state index is 5.21. The number of hydrogen-bond donors (Lipinski definition) is 0. The van der Waals surface area contributed by atoms with Crippen LogP contribution in [0.4, 0.5) is 0 Å². The van der Waals surface area contributed by atoms with Gasteiger partial charge in [-0.25, -0.2) is 9.97 Å². The molecule has 4 heterocycles. The van der Waals surface area contributed by atoms with Crippen LogP contribution < -0.4 is 0 Å². The smallest absolute Gasteiger partial charge is 0.181 e. The fourth-order valence-electron chi connectivity index (χ4n) is 6.38. The van der Waals surface area contributed by atoms with Gasteiger partial charge in [0.15, 0.2) is 12.8 Å². The lowest BCUT2D eigenvalue weighted by Crippen LogP contribution is -1.95. The average Bonchev–Trinajstić information content (AvgIpc) is 3.87. The average molecular weight is 593 g/mol. The third kappa shape index (κ3) is 4.35. The Kier molecular flexibility index (Phi) is 6.03. The molecule has 0 aliphatic rings. The number of pyridine rings is 2. The topological polar surface area (TPSA) is 77.8 Å². The van der Waals surface area contributed by atoms with Crippen LogP contribution >= 0.6 is 0 Å². The van der Waals surface area contributed by atoms with Gasteiger partial charge in [-0.05, 0) is 79.8 Å². The quantitative estimate of drug-likeness (QED) is 0.185. The van der Waals surface area contributed by atoms with Gasteiger partial charge in [-0.15, -0.1) is 0 Å². The van der Waals surface area contributed by atoms with Crippen molar-refractivity contribution in [3.05, 3.63) is 147 Å². The number of oxazole rings is 2. The largest absolute Gasteiger partial charge is 0.451 e. The summed E-state index contributed by atoms with van der Waals surface area (Å²) in [5.74, 6) is 0. The predicted octanol–water partition coefficient (Wildman–Crippen LogP) is 10.2. The lowest BCUT2D eigenvalue weighted by Gasteiger charge is -2.18. The molecule has 46 heavy (non-hydrogen) atoms. The summed E-state index contributed by atoms with van der Waals surface area (Å²) in [7, 11) is 0. The summed E-state index contributed by atoms with van der Waals surface area (Å²) in [5, 5.41) is 6.83. The van der Waals surface area contributed by atoms with E-state index in [-0.39, 0.29) is 0 Å². The first kappa shape index (κ1) is 26.0. The second kappa shape index (κ2) is 10.6. The van der Waals surface area contributed by atoms with Gasteiger partial charge in [0.05, 0.1) is 11.4 Å². The molecular formula is C40H24N4O2. The summed E-state index contributed by atoms with van der Waals surface area (Å²) in [6.45, 7) is 0. The summed E-state index contributed by atoms with van der Waals surface area (Å²) in [6, 6.07) is 38.5. The molecule has 0 radical (unpaired) electrons. The van der Waals surface area contributed by atoms with Gasteiger partial charge in [-0.1, -0.05) is 72.8 Å². The normalized spacial score (nSPS) is 11.5. The molecule has 0 bridgehead atoms. The van der Waals surface area contributed by atoms with Crippen LogP contribution in [0.2, 0.25) is 0 Å². The number of rotatable bonds is 5. The minimum atomic E-state index is 0.753. The van der Waals surface area contributed by atoms with E-state index in [0.29, 0.717) is 0 Å². The van der Waals surface area contributed by atoms with E-state index in [1.807, 2.05) is 24.5 Å². The summed E-state index contributed by atoms with van der Waals surface area (Å²) in [6.07, 6.45) is 9.85. The molecule has 9 rings (SSSR count). The fraction of sp³-hybridized carbons (Fsp3) is 0. The van der Waals surface area contributed by atoms with Gasteiger partial charge in [0.25, 0.3) is 0 Å². The Morgan fingerprint density at radius 2 is 0.891 bits per heavy atom. The van der Waals surface area contributed by atoms with Crippen molar-refractivity contribution in [2.24, 2.45) is 0 Å². The molecule has 0 aliphatic heterocycles. The van der Waals surface area contributed by atoms with Gasteiger partial charge in [0.1, 0.15) is 23.9 Å². The highest BCUT2D eigenvalue weighted by atomic mass is 16.3. The molecular weight excluding hydrogens is 568 g/mol. The zero-order chi connectivity index (χ0) is 30.5. The maximum atomic E-state index is 5.21. The Labute approximate surface area is 263 Å². The molecule has 9 aromatic rings.